The van der Waals surface area contributed by atoms with E-state index in [1.54, 1.807) is 31.4 Å². The van der Waals surface area contributed by atoms with Crippen LogP contribution in [0.1, 0.15) is 26.3 Å². The Labute approximate surface area is 149 Å². The van der Waals surface area contributed by atoms with Crippen LogP contribution >= 0.6 is 15.9 Å². The first-order valence-electron chi connectivity index (χ1n) is 7.46. The summed E-state index contributed by atoms with van der Waals surface area (Å²) < 4.78 is 5.85. The van der Waals surface area contributed by atoms with Crippen molar-refractivity contribution in [2.75, 3.05) is 25.6 Å². The highest BCUT2D eigenvalue weighted by Crippen LogP contribution is 2.20. The summed E-state index contributed by atoms with van der Waals surface area (Å²) in [6, 6.07) is 12.2. The summed E-state index contributed by atoms with van der Waals surface area (Å²) in [7, 11) is 1.57. The number of rotatable bonds is 6. The lowest BCUT2D eigenvalue weighted by Crippen LogP contribution is -2.27. The van der Waals surface area contributed by atoms with Gasteiger partial charge >= 0.3 is 0 Å². The summed E-state index contributed by atoms with van der Waals surface area (Å²) >= 11 is 3.39. The van der Waals surface area contributed by atoms with E-state index < -0.39 is 0 Å². The van der Waals surface area contributed by atoms with Crippen LogP contribution in [0.4, 0.5) is 5.69 Å². The highest BCUT2D eigenvalue weighted by molar-refractivity contribution is 9.10. The highest BCUT2D eigenvalue weighted by atomic mass is 79.9. The van der Waals surface area contributed by atoms with Crippen LogP contribution in [-0.2, 0) is 4.74 Å². The summed E-state index contributed by atoms with van der Waals surface area (Å²) in [4.78, 5) is 24.5. The maximum atomic E-state index is 12.4. The molecule has 2 N–H and O–H groups in total. The normalized spacial score (nSPS) is 10.3. The summed E-state index contributed by atoms with van der Waals surface area (Å²) in [5, 5.41) is 5.59. The monoisotopic (exact) mass is 390 g/mol. The van der Waals surface area contributed by atoms with Crippen molar-refractivity contribution in [2.45, 2.75) is 6.92 Å². The fourth-order valence-corrected chi connectivity index (χ4v) is 2.61. The molecule has 0 saturated carbocycles. The van der Waals surface area contributed by atoms with Gasteiger partial charge in [-0.15, -0.1) is 0 Å². The Morgan fingerprint density at radius 1 is 1.08 bits per heavy atom. The van der Waals surface area contributed by atoms with Crippen LogP contribution in [0.2, 0.25) is 0 Å². The maximum absolute atomic E-state index is 12.4. The van der Waals surface area contributed by atoms with Crippen molar-refractivity contribution in [3.05, 3.63) is 63.6 Å². The largest absolute Gasteiger partial charge is 0.383 e. The average Bonchev–Trinajstić information content (AvgIpc) is 2.57. The smallest absolute Gasteiger partial charge is 0.255 e. The van der Waals surface area contributed by atoms with E-state index in [0.29, 0.717) is 24.3 Å². The standard InChI is InChI=1S/C18H19BrN2O3/c1-12-10-15(19)6-7-16(12)21-18(23)14-5-3-4-13(11-14)17(22)20-8-9-24-2/h3-7,10-11H,8-9H2,1-2H3,(H,20,22)(H,21,23). The van der Waals surface area contributed by atoms with E-state index in [0.717, 1.165) is 15.7 Å². The van der Waals surface area contributed by atoms with Gasteiger partial charge in [0.25, 0.3) is 11.8 Å². The van der Waals surface area contributed by atoms with E-state index in [4.69, 9.17) is 4.74 Å². The third-order valence-corrected chi connectivity index (χ3v) is 3.91. The number of hydrogen-bond donors (Lipinski definition) is 2. The molecule has 0 radical (unpaired) electrons. The Morgan fingerprint density at radius 2 is 1.79 bits per heavy atom. The molecule has 0 aliphatic rings. The number of methoxy groups -OCH3 is 1. The van der Waals surface area contributed by atoms with E-state index >= 15 is 0 Å². The average molecular weight is 391 g/mol. The topological polar surface area (TPSA) is 67.4 Å². The number of hydrogen-bond acceptors (Lipinski definition) is 3. The van der Waals surface area contributed by atoms with Crippen molar-refractivity contribution in [3.8, 4) is 0 Å². The zero-order valence-electron chi connectivity index (χ0n) is 13.6. The summed E-state index contributed by atoms with van der Waals surface area (Å²) in [5.74, 6) is -0.492. The molecule has 2 aromatic rings. The molecule has 0 aliphatic carbocycles. The number of carbonyl (C=O) groups is 2. The van der Waals surface area contributed by atoms with Crippen LogP contribution in [0.25, 0.3) is 0 Å². The lowest BCUT2D eigenvalue weighted by molar-refractivity contribution is 0.0937. The van der Waals surface area contributed by atoms with E-state index in [1.807, 2.05) is 25.1 Å². The molecule has 0 unspecified atom stereocenters. The molecule has 24 heavy (non-hydrogen) atoms. The minimum Gasteiger partial charge on any atom is -0.383 e. The minimum atomic E-state index is -0.257. The van der Waals surface area contributed by atoms with Gasteiger partial charge in [-0.1, -0.05) is 22.0 Å². The molecule has 0 heterocycles. The van der Waals surface area contributed by atoms with Gasteiger partial charge < -0.3 is 15.4 Å². The van der Waals surface area contributed by atoms with E-state index in [-0.39, 0.29) is 11.8 Å². The van der Waals surface area contributed by atoms with Crippen molar-refractivity contribution in [2.24, 2.45) is 0 Å². The van der Waals surface area contributed by atoms with Crippen molar-refractivity contribution < 1.29 is 14.3 Å². The second-order valence-corrected chi connectivity index (χ2v) is 6.16. The van der Waals surface area contributed by atoms with Crippen molar-refractivity contribution in [1.29, 1.82) is 0 Å². The Balaban J connectivity index is 2.09. The molecular formula is C18H19BrN2O3. The lowest BCUT2D eigenvalue weighted by Gasteiger charge is -2.10. The zero-order valence-corrected chi connectivity index (χ0v) is 15.1. The van der Waals surface area contributed by atoms with Crippen LogP contribution in [-0.4, -0.2) is 32.1 Å². The van der Waals surface area contributed by atoms with Crippen molar-refractivity contribution in [3.63, 3.8) is 0 Å². The first-order chi connectivity index (χ1) is 11.5. The number of nitrogens with one attached hydrogen (secondary N) is 2. The molecule has 0 saturated heterocycles. The van der Waals surface area contributed by atoms with Gasteiger partial charge in [0.05, 0.1) is 6.61 Å². The summed E-state index contributed by atoms with van der Waals surface area (Å²) in [6.07, 6.45) is 0. The first-order valence-corrected chi connectivity index (χ1v) is 8.25. The molecule has 0 aromatic heterocycles. The molecule has 2 amide bonds. The van der Waals surface area contributed by atoms with Crippen molar-refractivity contribution in [1.82, 2.24) is 5.32 Å². The van der Waals surface area contributed by atoms with Crippen molar-refractivity contribution >= 4 is 33.4 Å². The number of anilines is 1. The highest BCUT2D eigenvalue weighted by Gasteiger charge is 2.11. The van der Waals surface area contributed by atoms with E-state index in [2.05, 4.69) is 26.6 Å². The molecular weight excluding hydrogens is 372 g/mol. The molecule has 5 nitrogen and oxygen atoms in total. The number of ether oxygens (including phenoxy) is 1. The third kappa shape index (κ3) is 4.91. The van der Waals surface area contributed by atoms with Crippen LogP contribution in [0.5, 0.6) is 0 Å². The van der Waals surface area contributed by atoms with Crippen LogP contribution in [0.3, 0.4) is 0 Å². The Morgan fingerprint density at radius 3 is 2.46 bits per heavy atom. The number of carbonyl (C=O) groups excluding carboxylic acids is 2. The minimum absolute atomic E-state index is 0.235. The van der Waals surface area contributed by atoms with Crippen LogP contribution < -0.4 is 10.6 Å². The molecule has 126 valence electrons. The van der Waals surface area contributed by atoms with E-state index in [9.17, 15) is 9.59 Å². The number of halogens is 1. The molecule has 0 spiro atoms. The SMILES string of the molecule is COCCNC(=O)c1cccc(C(=O)Nc2ccc(Br)cc2C)c1. The quantitative estimate of drug-likeness (QED) is 0.742. The number of amides is 2. The number of aryl methyl sites for hydroxylation is 1. The van der Waals surface area contributed by atoms with Crippen LogP contribution in [0, 0.1) is 6.92 Å². The fraction of sp³-hybridized carbons (Fsp3) is 0.222. The summed E-state index contributed by atoms with van der Waals surface area (Å²) in [6.45, 7) is 2.78. The van der Waals surface area contributed by atoms with Gasteiger partial charge in [-0.05, 0) is 48.9 Å². The van der Waals surface area contributed by atoms with Gasteiger partial charge in [0.1, 0.15) is 0 Å². The Bertz CT molecular complexity index is 747. The van der Waals surface area contributed by atoms with E-state index in [1.165, 1.54) is 0 Å². The zero-order chi connectivity index (χ0) is 17.5. The molecule has 0 atom stereocenters. The second-order valence-electron chi connectivity index (χ2n) is 5.24. The number of benzene rings is 2. The van der Waals surface area contributed by atoms with Gasteiger partial charge in [-0.3, -0.25) is 9.59 Å². The maximum Gasteiger partial charge on any atom is 0.255 e. The Hall–Kier alpha value is -2.18. The molecule has 0 bridgehead atoms. The molecule has 6 heteroatoms. The second kappa shape index (κ2) is 8.61. The summed E-state index contributed by atoms with van der Waals surface area (Å²) in [5.41, 5.74) is 2.55. The Kier molecular flexibility index (Phi) is 6.52. The lowest BCUT2D eigenvalue weighted by atomic mass is 10.1. The molecule has 0 fully saturated rings. The van der Waals surface area contributed by atoms with Gasteiger partial charge in [0.2, 0.25) is 0 Å². The molecule has 2 rings (SSSR count). The predicted octanol–water partition coefficient (Wildman–Crippen LogP) is 3.39. The first kappa shape index (κ1) is 18.2. The molecule has 0 aliphatic heterocycles. The predicted molar refractivity (Wildman–Crippen MR) is 97.5 cm³/mol. The van der Waals surface area contributed by atoms with Gasteiger partial charge in [0.15, 0.2) is 0 Å². The third-order valence-electron chi connectivity index (χ3n) is 3.42. The fourth-order valence-electron chi connectivity index (χ4n) is 2.13. The molecule has 2 aromatic carbocycles. The van der Waals surface area contributed by atoms with Gasteiger partial charge in [0, 0.05) is 34.9 Å². The van der Waals surface area contributed by atoms with Gasteiger partial charge in [-0.25, -0.2) is 0 Å². The van der Waals surface area contributed by atoms with Crippen LogP contribution in [0.15, 0.2) is 46.9 Å². The van der Waals surface area contributed by atoms with Gasteiger partial charge in [-0.2, -0.15) is 0 Å².